The fourth-order valence-electron chi connectivity index (χ4n) is 1.83. The molecular formula is C12H11NO4. The topological polar surface area (TPSA) is 79.4 Å². The third kappa shape index (κ3) is 1.75. The van der Waals surface area contributed by atoms with Crippen LogP contribution in [-0.4, -0.2) is 29.0 Å². The van der Waals surface area contributed by atoms with Crippen LogP contribution in [0.4, 0.5) is 0 Å². The summed E-state index contributed by atoms with van der Waals surface area (Å²) in [6.45, 7) is 1.35. The van der Waals surface area contributed by atoms with Gasteiger partial charge < -0.3 is 14.8 Å². The van der Waals surface area contributed by atoms with E-state index in [9.17, 15) is 9.59 Å². The van der Waals surface area contributed by atoms with Crippen molar-refractivity contribution in [2.24, 2.45) is 0 Å². The van der Waals surface area contributed by atoms with Crippen molar-refractivity contribution in [2.45, 2.75) is 6.92 Å². The average Bonchev–Trinajstić information content (AvgIpc) is 2.66. The molecule has 0 saturated heterocycles. The highest BCUT2D eigenvalue weighted by Gasteiger charge is 2.20. The van der Waals surface area contributed by atoms with Gasteiger partial charge in [-0.15, -0.1) is 0 Å². The van der Waals surface area contributed by atoms with Crippen molar-refractivity contribution in [3.63, 3.8) is 0 Å². The summed E-state index contributed by atoms with van der Waals surface area (Å²) < 4.78 is 5.04. The molecule has 0 fully saturated rings. The number of carbonyl (C=O) groups is 2. The largest absolute Gasteiger partial charge is 0.497 e. The molecule has 1 aromatic heterocycles. The smallest absolute Gasteiger partial charge is 0.353 e. The van der Waals surface area contributed by atoms with Crippen molar-refractivity contribution in [1.82, 2.24) is 4.98 Å². The molecular weight excluding hydrogens is 222 g/mol. The molecule has 0 spiro atoms. The lowest BCUT2D eigenvalue weighted by Crippen LogP contribution is -2.04. The number of methoxy groups -OCH3 is 1. The van der Waals surface area contributed by atoms with E-state index < -0.39 is 5.97 Å². The molecule has 1 heterocycles. The number of ether oxygens (including phenoxy) is 1. The lowest BCUT2D eigenvalue weighted by atomic mass is 10.1. The normalized spacial score (nSPS) is 10.5. The first kappa shape index (κ1) is 11.2. The van der Waals surface area contributed by atoms with E-state index in [1.807, 2.05) is 0 Å². The molecule has 0 unspecified atom stereocenters. The van der Waals surface area contributed by atoms with E-state index in [1.165, 1.54) is 14.0 Å². The summed E-state index contributed by atoms with van der Waals surface area (Å²) in [5.74, 6) is -0.824. The minimum absolute atomic E-state index is 0.0826. The predicted molar refractivity (Wildman–Crippen MR) is 61.8 cm³/mol. The van der Waals surface area contributed by atoms with Crippen LogP contribution in [0.15, 0.2) is 18.2 Å². The van der Waals surface area contributed by atoms with Crippen LogP contribution >= 0.6 is 0 Å². The number of hydrogen-bond acceptors (Lipinski definition) is 3. The molecule has 0 radical (unpaired) electrons. The van der Waals surface area contributed by atoms with Gasteiger partial charge in [-0.25, -0.2) is 4.79 Å². The van der Waals surface area contributed by atoms with Gasteiger partial charge in [-0.2, -0.15) is 0 Å². The molecule has 2 N–H and O–H groups in total. The van der Waals surface area contributed by atoms with Gasteiger partial charge in [0, 0.05) is 11.5 Å². The number of carboxylic acid groups (broad SMARTS) is 1. The highest BCUT2D eigenvalue weighted by Crippen LogP contribution is 2.26. The maximum atomic E-state index is 11.5. The highest BCUT2D eigenvalue weighted by atomic mass is 16.5. The number of aromatic amines is 1. The molecule has 5 heteroatoms. The Hall–Kier alpha value is -2.30. The van der Waals surface area contributed by atoms with Crippen LogP contribution in [0.3, 0.4) is 0 Å². The van der Waals surface area contributed by atoms with Gasteiger partial charge in [0.1, 0.15) is 11.4 Å². The maximum Gasteiger partial charge on any atom is 0.353 e. The van der Waals surface area contributed by atoms with Crippen LogP contribution in [0.25, 0.3) is 10.9 Å². The fourth-order valence-corrected chi connectivity index (χ4v) is 1.83. The van der Waals surface area contributed by atoms with Gasteiger partial charge in [-0.3, -0.25) is 4.79 Å². The molecule has 0 atom stereocenters. The van der Waals surface area contributed by atoms with E-state index in [1.54, 1.807) is 18.2 Å². The minimum atomic E-state index is -1.15. The molecule has 0 amide bonds. The van der Waals surface area contributed by atoms with E-state index >= 15 is 0 Å². The number of carboxylic acids is 1. The predicted octanol–water partition coefficient (Wildman–Crippen LogP) is 2.08. The molecule has 0 saturated carbocycles. The summed E-state index contributed by atoms with van der Waals surface area (Å²) in [5.41, 5.74) is 0.697. The van der Waals surface area contributed by atoms with Crippen molar-refractivity contribution < 1.29 is 19.4 Å². The second-order valence-electron chi connectivity index (χ2n) is 3.65. The molecule has 0 bridgehead atoms. The SMILES string of the molecule is COc1ccc2c(C(C)=O)c(C(=O)O)[nH]c2c1. The Morgan fingerprint density at radius 1 is 1.35 bits per heavy atom. The van der Waals surface area contributed by atoms with Crippen molar-refractivity contribution in [1.29, 1.82) is 0 Å². The van der Waals surface area contributed by atoms with Crippen LogP contribution in [-0.2, 0) is 0 Å². The lowest BCUT2D eigenvalue weighted by molar-refractivity contribution is 0.0687. The van der Waals surface area contributed by atoms with Crippen molar-refractivity contribution >= 4 is 22.7 Å². The van der Waals surface area contributed by atoms with Gasteiger partial charge in [-0.05, 0) is 19.1 Å². The number of Topliss-reactive ketones (excluding diaryl/α,β-unsaturated/α-hetero) is 1. The monoisotopic (exact) mass is 233 g/mol. The first-order valence-electron chi connectivity index (χ1n) is 4.98. The van der Waals surface area contributed by atoms with E-state index in [2.05, 4.69) is 4.98 Å². The van der Waals surface area contributed by atoms with Gasteiger partial charge in [0.2, 0.25) is 0 Å². The third-order valence-electron chi connectivity index (χ3n) is 2.57. The second kappa shape index (κ2) is 3.93. The zero-order chi connectivity index (χ0) is 12.6. The van der Waals surface area contributed by atoms with E-state index in [0.29, 0.717) is 16.7 Å². The molecule has 2 rings (SSSR count). The summed E-state index contributed by atoms with van der Waals surface area (Å²) in [4.78, 5) is 25.2. The fraction of sp³-hybridized carbons (Fsp3) is 0.167. The Kier molecular flexibility index (Phi) is 2.59. The lowest BCUT2D eigenvalue weighted by Gasteiger charge is -1.99. The Morgan fingerprint density at radius 3 is 2.59 bits per heavy atom. The summed E-state index contributed by atoms with van der Waals surface area (Å²) in [6.07, 6.45) is 0. The molecule has 5 nitrogen and oxygen atoms in total. The number of ketones is 1. The first-order chi connectivity index (χ1) is 8.04. The Labute approximate surface area is 97.0 Å². The molecule has 17 heavy (non-hydrogen) atoms. The summed E-state index contributed by atoms with van der Waals surface area (Å²) >= 11 is 0. The standard InChI is InChI=1S/C12H11NO4/c1-6(14)10-8-4-3-7(17-2)5-9(8)13-11(10)12(15)16/h3-5,13H,1-2H3,(H,15,16). The number of fused-ring (bicyclic) bond motifs is 1. The number of benzene rings is 1. The maximum absolute atomic E-state index is 11.5. The van der Waals surface area contributed by atoms with Crippen LogP contribution in [0.1, 0.15) is 27.8 Å². The van der Waals surface area contributed by atoms with Gasteiger partial charge in [0.25, 0.3) is 0 Å². The number of H-pyrrole nitrogens is 1. The van der Waals surface area contributed by atoms with Crippen LogP contribution < -0.4 is 4.74 Å². The highest BCUT2D eigenvalue weighted by molar-refractivity contribution is 6.14. The second-order valence-corrected chi connectivity index (χ2v) is 3.65. The number of carbonyl (C=O) groups excluding carboxylic acids is 1. The number of nitrogens with one attached hydrogen (secondary N) is 1. The van der Waals surface area contributed by atoms with Crippen molar-refractivity contribution in [3.8, 4) is 5.75 Å². The molecule has 1 aromatic carbocycles. The zero-order valence-corrected chi connectivity index (χ0v) is 9.40. The number of rotatable bonds is 3. The Bertz CT molecular complexity index is 612. The number of aromatic nitrogens is 1. The average molecular weight is 233 g/mol. The quantitative estimate of drug-likeness (QED) is 0.795. The molecule has 0 aliphatic carbocycles. The third-order valence-corrected chi connectivity index (χ3v) is 2.57. The summed E-state index contributed by atoms with van der Waals surface area (Å²) in [5, 5.41) is 9.62. The Morgan fingerprint density at radius 2 is 2.06 bits per heavy atom. The van der Waals surface area contributed by atoms with Crippen LogP contribution in [0, 0.1) is 0 Å². The molecule has 0 aliphatic heterocycles. The van der Waals surface area contributed by atoms with Gasteiger partial charge in [0.05, 0.1) is 18.2 Å². The number of hydrogen-bond donors (Lipinski definition) is 2. The van der Waals surface area contributed by atoms with Gasteiger partial charge >= 0.3 is 5.97 Å². The minimum Gasteiger partial charge on any atom is -0.497 e. The van der Waals surface area contributed by atoms with Gasteiger partial charge in [-0.1, -0.05) is 0 Å². The van der Waals surface area contributed by atoms with E-state index in [4.69, 9.17) is 9.84 Å². The van der Waals surface area contributed by atoms with Crippen LogP contribution in [0.2, 0.25) is 0 Å². The summed E-state index contributed by atoms with van der Waals surface area (Å²) in [7, 11) is 1.52. The first-order valence-corrected chi connectivity index (χ1v) is 4.98. The number of aromatic carboxylic acids is 1. The van der Waals surface area contributed by atoms with Crippen LogP contribution in [0.5, 0.6) is 5.75 Å². The Balaban J connectivity index is 2.79. The zero-order valence-electron chi connectivity index (χ0n) is 9.40. The molecule has 2 aromatic rings. The molecule has 88 valence electrons. The van der Waals surface area contributed by atoms with E-state index in [0.717, 1.165) is 0 Å². The van der Waals surface area contributed by atoms with Crippen molar-refractivity contribution in [2.75, 3.05) is 7.11 Å². The summed E-state index contributed by atoms with van der Waals surface area (Å²) in [6, 6.07) is 5.02. The van der Waals surface area contributed by atoms with Crippen molar-refractivity contribution in [3.05, 3.63) is 29.5 Å². The van der Waals surface area contributed by atoms with Gasteiger partial charge in [0.15, 0.2) is 5.78 Å². The van der Waals surface area contributed by atoms with E-state index in [-0.39, 0.29) is 17.0 Å². The molecule has 0 aliphatic rings.